The molecule has 0 N–H and O–H groups in total. The average molecular weight is 297 g/mol. The fourth-order valence-corrected chi connectivity index (χ4v) is 0.550. The van der Waals surface area contributed by atoms with Crippen LogP contribution in [0.1, 0.15) is 0 Å². The minimum atomic E-state index is -5.17. The molecule has 16 heavy (non-hydrogen) atoms. The average Bonchev–Trinajstić information content (AvgIpc) is 2.03. The standard InChI is InChI=1S/C6H5NO2.2K.H2O4S/c8-7(9)6-4-2-1-3-5-6;;;1-5(2,3)4/h1-5H;;;(H2,1,2,3,4)/q;2*+1;/p-2. The number of hydrogen-bond donors (Lipinski definition) is 0. The first kappa shape index (κ1) is 22.9. The minimum absolute atomic E-state index is 0. The van der Waals surface area contributed by atoms with Gasteiger partial charge < -0.3 is 9.11 Å². The van der Waals surface area contributed by atoms with Gasteiger partial charge in [-0.15, -0.1) is 0 Å². The molecule has 78 valence electrons. The quantitative estimate of drug-likeness (QED) is 0.167. The first-order valence-electron chi connectivity index (χ1n) is 3.17. The fraction of sp³-hybridized carbons (Fsp3) is 0. The third kappa shape index (κ3) is 18.1. The maximum atomic E-state index is 10.0. The number of rotatable bonds is 1. The van der Waals surface area contributed by atoms with E-state index in [1.807, 2.05) is 0 Å². The second-order valence-electron chi connectivity index (χ2n) is 2.00. The fourth-order valence-electron chi connectivity index (χ4n) is 0.550. The van der Waals surface area contributed by atoms with Gasteiger partial charge in [0.1, 0.15) is 0 Å². The molecule has 1 aromatic carbocycles. The van der Waals surface area contributed by atoms with Gasteiger partial charge in [-0.3, -0.25) is 18.5 Å². The Hall–Kier alpha value is 1.76. The van der Waals surface area contributed by atoms with Crippen LogP contribution in [-0.4, -0.2) is 22.4 Å². The summed E-state index contributed by atoms with van der Waals surface area (Å²) in [7, 11) is -5.17. The molecule has 0 saturated carbocycles. The van der Waals surface area contributed by atoms with Crippen molar-refractivity contribution in [2.24, 2.45) is 0 Å². The zero-order chi connectivity index (χ0) is 11.2. The van der Waals surface area contributed by atoms with Gasteiger partial charge in [-0.05, 0) is 0 Å². The van der Waals surface area contributed by atoms with Crippen LogP contribution in [-0.2, 0) is 10.4 Å². The summed E-state index contributed by atoms with van der Waals surface area (Å²) in [5.41, 5.74) is 0.137. The largest absolute Gasteiger partial charge is 1.00 e. The molecule has 0 aromatic heterocycles. The van der Waals surface area contributed by atoms with Crippen molar-refractivity contribution in [3.8, 4) is 0 Å². The summed E-state index contributed by atoms with van der Waals surface area (Å²) in [5, 5.41) is 10.0. The van der Waals surface area contributed by atoms with Crippen LogP contribution < -0.4 is 103 Å². The van der Waals surface area contributed by atoms with Gasteiger partial charge in [0.25, 0.3) is 5.69 Å². The van der Waals surface area contributed by atoms with Gasteiger partial charge in [0.05, 0.1) is 4.92 Å². The molecule has 1 rings (SSSR count). The Balaban J connectivity index is -0.000000214. The smallest absolute Gasteiger partial charge is 0.759 e. The van der Waals surface area contributed by atoms with Crippen LogP contribution in [0.3, 0.4) is 0 Å². The van der Waals surface area contributed by atoms with Gasteiger partial charge in [0.2, 0.25) is 0 Å². The van der Waals surface area contributed by atoms with E-state index in [-0.39, 0.29) is 108 Å². The molecular weight excluding hydrogens is 292 g/mol. The van der Waals surface area contributed by atoms with E-state index in [9.17, 15) is 10.1 Å². The predicted molar refractivity (Wildman–Crippen MR) is 43.6 cm³/mol. The molecule has 0 aliphatic rings. The molecule has 0 radical (unpaired) electrons. The van der Waals surface area contributed by atoms with Crippen molar-refractivity contribution < 1.29 is 125 Å². The van der Waals surface area contributed by atoms with Crippen LogP contribution >= 0.6 is 0 Å². The van der Waals surface area contributed by atoms with Gasteiger partial charge in [0.15, 0.2) is 0 Å². The monoisotopic (exact) mass is 297 g/mol. The van der Waals surface area contributed by atoms with Crippen molar-refractivity contribution in [2.45, 2.75) is 0 Å². The maximum absolute atomic E-state index is 10.0. The van der Waals surface area contributed by atoms with Gasteiger partial charge in [-0.2, -0.15) is 0 Å². The molecule has 0 bridgehead atoms. The van der Waals surface area contributed by atoms with Crippen molar-refractivity contribution in [3.63, 3.8) is 0 Å². The molecule has 0 unspecified atom stereocenters. The summed E-state index contributed by atoms with van der Waals surface area (Å²) in [5.74, 6) is 0. The minimum Gasteiger partial charge on any atom is -0.759 e. The van der Waals surface area contributed by atoms with Crippen molar-refractivity contribution in [2.75, 3.05) is 0 Å². The zero-order valence-corrected chi connectivity index (χ0v) is 15.8. The number of para-hydroxylation sites is 1. The Morgan fingerprint density at radius 2 is 1.31 bits per heavy atom. The number of nitro groups is 1. The Morgan fingerprint density at radius 3 is 1.50 bits per heavy atom. The SMILES string of the molecule is O=S(=O)([O-])[O-].O=[N+]([O-])c1ccccc1.[K+].[K+]. The Kier molecular flexibility index (Phi) is 16.9. The van der Waals surface area contributed by atoms with Crippen molar-refractivity contribution >= 4 is 16.1 Å². The maximum Gasteiger partial charge on any atom is 1.00 e. The molecule has 0 spiro atoms. The molecule has 7 nitrogen and oxygen atoms in total. The van der Waals surface area contributed by atoms with E-state index < -0.39 is 15.3 Å². The Bertz CT molecular complexity index is 387. The van der Waals surface area contributed by atoms with Gasteiger partial charge in [0, 0.05) is 22.5 Å². The third-order valence-corrected chi connectivity index (χ3v) is 0.967. The summed E-state index contributed by atoms with van der Waals surface area (Å²) in [4.78, 5) is 9.59. The van der Waals surface area contributed by atoms with Gasteiger partial charge >= 0.3 is 103 Å². The predicted octanol–water partition coefficient (Wildman–Crippen LogP) is -5.74. The van der Waals surface area contributed by atoms with E-state index >= 15 is 0 Å². The van der Waals surface area contributed by atoms with E-state index in [1.165, 1.54) is 12.1 Å². The Morgan fingerprint density at radius 1 is 1.00 bits per heavy atom. The molecule has 10 heteroatoms. The summed E-state index contributed by atoms with van der Waals surface area (Å²) in [6.07, 6.45) is 0. The summed E-state index contributed by atoms with van der Waals surface area (Å²) in [6, 6.07) is 7.93. The molecule has 0 heterocycles. The molecule has 0 saturated heterocycles. The number of benzene rings is 1. The van der Waals surface area contributed by atoms with Crippen LogP contribution in [0.15, 0.2) is 30.3 Å². The second-order valence-corrected chi connectivity index (χ2v) is 2.82. The number of hydrogen-bond acceptors (Lipinski definition) is 6. The first-order valence-corrected chi connectivity index (χ1v) is 4.50. The summed E-state index contributed by atoms with van der Waals surface area (Å²) in [6.45, 7) is 0. The number of non-ortho nitro benzene ring substituents is 1. The molecular formula is C6H5K2NO6S. The van der Waals surface area contributed by atoms with Crippen molar-refractivity contribution in [1.82, 2.24) is 0 Å². The van der Waals surface area contributed by atoms with Crippen LogP contribution in [0.2, 0.25) is 0 Å². The van der Waals surface area contributed by atoms with Gasteiger partial charge in [-0.1, -0.05) is 18.2 Å². The number of nitro benzene ring substituents is 1. The van der Waals surface area contributed by atoms with E-state index in [2.05, 4.69) is 0 Å². The summed E-state index contributed by atoms with van der Waals surface area (Å²) < 4.78 is 34.1. The van der Waals surface area contributed by atoms with E-state index in [4.69, 9.17) is 17.5 Å². The van der Waals surface area contributed by atoms with Gasteiger partial charge in [-0.25, -0.2) is 0 Å². The summed E-state index contributed by atoms with van der Waals surface area (Å²) >= 11 is 0. The van der Waals surface area contributed by atoms with Crippen LogP contribution in [0.4, 0.5) is 5.69 Å². The van der Waals surface area contributed by atoms with E-state index in [0.717, 1.165) is 0 Å². The molecule has 0 amide bonds. The molecule has 0 aliphatic carbocycles. The second kappa shape index (κ2) is 11.8. The Labute approximate surface area is 178 Å². The number of nitrogens with zero attached hydrogens (tertiary/aromatic N) is 1. The van der Waals surface area contributed by atoms with E-state index in [1.54, 1.807) is 18.2 Å². The third-order valence-electron chi connectivity index (χ3n) is 0.967. The van der Waals surface area contributed by atoms with Crippen molar-refractivity contribution in [3.05, 3.63) is 40.4 Å². The molecule has 0 atom stereocenters. The topological polar surface area (TPSA) is 123 Å². The normalized spacial score (nSPS) is 8.62. The first-order chi connectivity index (χ1) is 6.30. The van der Waals surface area contributed by atoms with Crippen LogP contribution in [0, 0.1) is 10.1 Å². The van der Waals surface area contributed by atoms with Crippen LogP contribution in [0.25, 0.3) is 0 Å². The molecule has 0 fully saturated rings. The van der Waals surface area contributed by atoms with Crippen molar-refractivity contribution in [1.29, 1.82) is 0 Å². The van der Waals surface area contributed by atoms with E-state index in [0.29, 0.717) is 0 Å². The zero-order valence-electron chi connectivity index (χ0n) is 8.69. The molecule has 0 aliphatic heterocycles. The molecule has 1 aromatic rings. The van der Waals surface area contributed by atoms with Crippen LogP contribution in [0.5, 0.6) is 0 Å².